The van der Waals surface area contributed by atoms with E-state index >= 15 is 0 Å². The molecule has 0 aliphatic carbocycles. The van der Waals surface area contributed by atoms with Crippen molar-refractivity contribution in [3.63, 3.8) is 0 Å². The summed E-state index contributed by atoms with van der Waals surface area (Å²) in [4.78, 5) is 0. The van der Waals surface area contributed by atoms with Crippen LogP contribution in [-0.4, -0.2) is 11.4 Å². The lowest BCUT2D eigenvalue weighted by Gasteiger charge is -2.07. The molecule has 0 unspecified atom stereocenters. The van der Waals surface area contributed by atoms with Gasteiger partial charge in [-0.15, -0.1) is 0 Å². The summed E-state index contributed by atoms with van der Waals surface area (Å²) in [6.07, 6.45) is 0. The highest BCUT2D eigenvalue weighted by molar-refractivity contribution is 6.03. The normalized spacial score (nSPS) is 12.6. The van der Waals surface area contributed by atoms with Crippen molar-refractivity contribution in [1.82, 2.24) is 0 Å². The fourth-order valence-corrected chi connectivity index (χ4v) is 2.70. The third-order valence-corrected chi connectivity index (χ3v) is 3.89. The fraction of sp³-hybridized carbons (Fsp3) is 0.300. The second kappa shape index (κ2) is 6.69. The van der Waals surface area contributed by atoms with Crippen molar-refractivity contribution in [2.75, 3.05) is 0 Å². The Kier molecular flexibility index (Phi) is 4.92. The zero-order valence-corrected chi connectivity index (χ0v) is 14.4. The van der Waals surface area contributed by atoms with Crippen molar-refractivity contribution in [3.8, 4) is 0 Å². The van der Waals surface area contributed by atoms with Crippen molar-refractivity contribution in [1.29, 1.82) is 0 Å². The molecule has 0 atom stereocenters. The Balaban J connectivity index is 2.32. The molecule has 0 saturated carbocycles. The van der Waals surface area contributed by atoms with Crippen molar-refractivity contribution in [2.45, 2.75) is 41.5 Å². The number of aryl methyl sites for hydroxylation is 4. The molecule has 0 amide bonds. The monoisotopic (exact) mass is 292 g/mol. The summed E-state index contributed by atoms with van der Waals surface area (Å²) in [6, 6.07) is 12.8. The van der Waals surface area contributed by atoms with Crippen LogP contribution in [0.2, 0.25) is 0 Å². The van der Waals surface area contributed by atoms with Crippen molar-refractivity contribution >= 4 is 11.4 Å². The van der Waals surface area contributed by atoms with Crippen LogP contribution in [0.5, 0.6) is 0 Å². The van der Waals surface area contributed by atoms with Gasteiger partial charge in [-0.2, -0.15) is 10.2 Å². The predicted octanol–water partition coefficient (Wildman–Crippen LogP) is 5.15. The molecule has 0 N–H and O–H groups in total. The van der Waals surface area contributed by atoms with Gasteiger partial charge in [0.05, 0.1) is 11.4 Å². The van der Waals surface area contributed by atoms with Crippen LogP contribution in [0.1, 0.15) is 47.2 Å². The van der Waals surface area contributed by atoms with Crippen molar-refractivity contribution in [2.24, 2.45) is 10.2 Å². The third kappa shape index (κ3) is 3.70. The zero-order valence-electron chi connectivity index (χ0n) is 14.4. The first-order chi connectivity index (χ1) is 10.4. The van der Waals surface area contributed by atoms with Gasteiger partial charge in [0.25, 0.3) is 0 Å². The molecule has 0 aliphatic rings. The minimum Gasteiger partial charge on any atom is -0.155 e. The Morgan fingerprint density at radius 3 is 1.32 bits per heavy atom. The molecule has 0 fully saturated rings. The Bertz CT molecular complexity index is 687. The second-order valence-corrected chi connectivity index (χ2v) is 6.01. The molecule has 2 aromatic carbocycles. The van der Waals surface area contributed by atoms with Gasteiger partial charge in [0, 0.05) is 11.1 Å². The molecule has 2 rings (SSSR count). The fourth-order valence-electron chi connectivity index (χ4n) is 2.70. The maximum Gasteiger partial charge on any atom is 0.0674 e. The third-order valence-electron chi connectivity index (χ3n) is 3.89. The lowest BCUT2D eigenvalue weighted by Crippen LogP contribution is -2.01. The van der Waals surface area contributed by atoms with Crippen LogP contribution >= 0.6 is 0 Å². The highest BCUT2D eigenvalue weighted by atomic mass is 15.2. The van der Waals surface area contributed by atoms with E-state index in [4.69, 9.17) is 0 Å². The van der Waals surface area contributed by atoms with Crippen LogP contribution in [0, 0.1) is 27.7 Å². The minimum absolute atomic E-state index is 0.946. The first kappa shape index (κ1) is 16.2. The maximum absolute atomic E-state index is 4.43. The average molecular weight is 292 g/mol. The quantitative estimate of drug-likeness (QED) is 0.552. The molecule has 0 radical (unpaired) electrons. The van der Waals surface area contributed by atoms with Gasteiger partial charge in [0.1, 0.15) is 0 Å². The van der Waals surface area contributed by atoms with Gasteiger partial charge in [-0.25, -0.2) is 0 Å². The van der Waals surface area contributed by atoms with Gasteiger partial charge in [-0.1, -0.05) is 47.5 Å². The molecule has 0 bridgehead atoms. The largest absolute Gasteiger partial charge is 0.155 e. The van der Waals surface area contributed by atoms with Crippen LogP contribution in [0.15, 0.2) is 46.6 Å². The Labute approximate surface area is 133 Å². The number of nitrogens with zero attached hydrogens (tertiary/aromatic N) is 2. The molecule has 0 spiro atoms. The van der Waals surface area contributed by atoms with E-state index in [1.165, 1.54) is 22.3 Å². The highest BCUT2D eigenvalue weighted by Crippen LogP contribution is 2.14. The smallest absolute Gasteiger partial charge is 0.0674 e. The summed E-state index contributed by atoms with van der Waals surface area (Å²) in [6.45, 7) is 12.5. The lowest BCUT2D eigenvalue weighted by molar-refractivity contribution is 1.20. The lowest BCUT2D eigenvalue weighted by atomic mass is 10.0. The molecule has 0 saturated heterocycles. The molecule has 2 nitrogen and oxygen atoms in total. The van der Waals surface area contributed by atoms with Crippen LogP contribution < -0.4 is 0 Å². The SMILES string of the molecule is C/C(=N/N=C(\C)c1ccc(C)cc1C)c1ccc(C)cc1C. The van der Waals surface area contributed by atoms with E-state index < -0.39 is 0 Å². The molecular formula is C20H24N2. The van der Waals surface area contributed by atoms with Crippen LogP contribution in [-0.2, 0) is 0 Å². The number of hydrogen-bond donors (Lipinski definition) is 0. The van der Waals surface area contributed by atoms with Crippen LogP contribution in [0.25, 0.3) is 0 Å². The second-order valence-electron chi connectivity index (χ2n) is 6.01. The number of hydrogen-bond acceptors (Lipinski definition) is 2. The van der Waals surface area contributed by atoms with Gasteiger partial charge in [0.15, 0.2) is 0 Å². The van der Waals surface area contributed by atoms with E-state index in [0.717, 1.165) is 22.6 Å². The van der Waals surface area contributed by atoms with Gasteiger partial charge >= 0.3 is 0 Å². The zero-order chi connectivity index (χ0) is 16.3. The molecule has 114 valence electrons. The van der Waals surface area contributed by atoms with Crippen LogP contribution in [0.4, 0.5) is 0 Å². The molecule has 22 heavy (non-hydrogen) atoms. The van der Waals surface area contributed by atoms with E-state index in [0.29, 0.717) is 0 Å². The minimum atomic E-state index is 0.946. The summed E-state index contributed by atoms with van der Waals surface area (Å²) in [5.41, 5.74) is 9.21. The van der Waals surface area contributed by atoms with Gasteiger partial charge in [0.2, 0.25) is 0 Å². The summed E-state index contributed by atoms with van der Waals surface area (Å²) in [7, 11) is 0. The Morgan fingerprint density at radius 2 is 1.00 bits per heavy atom. The summed E-state index contributed by atoms with van der Waals surface area (Å²) in [5.74, 6) is 0. The standard InChI is InChI=1S/C20H24N2/c1-13-7-9-19(15(3)11-13)17(5)21-22-18(6)20-10-8-14(2)12-16(20)4/h7-12H,1-6H3/b21-17-,22-18+. The van der Waals surface area contributed by atoms with Crippen LogP contribution in [0.3, 0.4) is 0 Å². The Hall–Kier alpha value is -2.22. The van der Waals surface area contributed by atoms with E-state index in [-0.39, 0.29) is 0 Å². The summed E-state index contributed by atoms with van der Waals surface area (Å²) in [5, 5.41) is 8.86. The van der Waals surface area contributed by atoms with Gasteiger partial charge in [-0.05, 0) is 52.7 Å². The summed E-state index contributed by atoms with van der Waals surface area (Å²) >= 11 is 0. The van der Waals surface area contributed by atoms with E-state index in [1.807, 2.05) is 13.8 Å². The maximum atomic E-state index is 4.43. The first-order valence-corrected chi connectivity index (χ1v) is 7.62. The highest BCUT2D eigenvalue weighted by Gasteiger charge is 2.04. The topological polar surface area (TPSA) is 24.7 Å². The molecule has 0 aromatic heterocycles. The molecular weight excluding hydrogens is 268 g/mol. The Morgan fingerprint density at radius 1 is 0.636 bits per heavy atom. The van der Waals surface area contributed by atoms with E-state index in [9.17, 15) is 0 Å². The molecule has 0 aliphatic heterocycles. The predicted molar refractivity (Wildman–Crippen MR) is 96.3 cm³/mol. The molecule has 2 aromatic rings. The number of benzene rings is 2. The first-order valence-electron chi connectivity index (χ1n) is 7.62. The van der Waals surface area contributed by atoms with Gasteiger partial charge in [-0.3, -0.25) is 0 Å². The molecule has 2 heteroatoms. The molecule has 0 heterocycles. The van der Waals surface area contributed by atoms with Crippen molar-refractivity contribution in [3.05, 3.63) is 69.8 Å². The van der Waals surface area contributed by atoms with Crippen molar-refractivity contribution < 1.29 is 0 Å². The van der Waals surface area contributed by atoms with E-state index in [1.54, 1.807) is 0 Å². The average Bonchev–Trinajstić information content (AvgIpc) is 2.44. The van der Waals surface area contributed by atoms with Gasteiger partial charge < -0.3 is 0 Å². The van der Waals surface area contributed by atoms with E-state index in [2.05, 4.69) is 74.3 Å². The summed E-state index contributed by atoms with van der Waals surface area (Å²) < 4.78 is 0. The number of rotatable bonds is 3.